The zero-order valence-corrected chi connectivity index (χ0v) is 14.0. The zero-order valence-electron chi connectivity index (χ0n) is 12.4. The van der Waals surface area contributed by atoms with E-state index in [0.29, 0.717) is 11.9 Å². The van der Waals surface area contributed by atoms with Gasteiger partial charge in [0.25, 0.3) is 0 Å². The van der Waals surface area contributed by atoms with Gasteiger partial charge in [0.2, 0.25) is 5.91 Å². The Balaban J connectivity index is 1.47. The topological polar surface area (TPSA) is 41.4 Å². The summed E-state index contributed by atoms with van der Waals surface area (Å²) in [7, 11) is 0. The molecule has 2 aliphatic heterocycles. The number of nitrogens with zero attached hydrogens (tertiary/aromatic N) is 4. The molecule has 0 bridgehead atoms. The minimum Gasteiger partial charge on any atom is -0.341 e. The molecule has 5 nitrogen and oxygen atoms in total. The van der Waals surface area contributed by atoms with Crippen molar-refractivity contribution in [3.63, 3.8) is 0 Å². The lowest BCUT2D eigenvalue weighted by Crippen LogP contribution is -2.37. The van der Waals surface area contributed by atoms with Gasteiger partial charge in [-0.3, -0.25) is 14.4 Å². The van der Waals surface area contributed by atoms with E-state index in [1.807, 2.05) is 12.4 Å². The van der Waals surface area contributed by atoms with Gasteiger partial charge in [-0.2, -0.15) is 5.10 Å². The molecule has 0 radical (unpaired) electrons. The highest BCUT2D eigenvalue weighted by atomic mass is 79.9. The van der Waals surface area contributed by atoms with Crippen LogP contribution in [0.25, 0.3) is 0 Å². The fraction of sp³-hybridized carbons (Fsp3) is 0.733. The van der Waals surface area contributed by atoms with E-state index in [1.165, 1.54) is 6.42 Å². The van der Waals surface area contributed by atoms with E-state index in [1.54, 1.807) is 0 Å². The van der Waals surface area contributed by atoms with Gasteiger partial charge in [-0.15, -0.1) is 0 Å². The molecule has 1 aromatic rings. The van der Waals surface area contributed by atoms with Gasteiger partial charge in [0.15, 0.2) is 0 Å². The number of carbonyl (C=O) groups excluding carboxylic acids is 1. The van der Waals surface area contributed by atoms with E-state index < -0.39 is 0 Å². The second-order valence-electron chi connectivity index (χ2n) is 6.07. The molecule has 2 fully saturated rings. The Labute approximate surface area is 134 Å². The molecule has 6 heteroatoms. The van der Waals surface area contributed by atoms with Gasteiger partial charge in [0.1, 0.15) is 0 Å². The summed E-state index contributed by atoms with van der Waals surface area (Å²) in [5, 5.41) is 4.39. The lowest BCUT2D eigenvalue weighted by atomic mass is 10.2. The Morgan fingerprint density at radius 2 is 2.14 bits per heavy atom. The van der Waals surface area contributed by atoms with Crippen LogP contribution in [-0.4, -0.2) is 58.2 Å². The van der Waals surface area contributed by atoms with Crippen molar-refractivity contribution < 1.29 is 4.79 Å². The molecular weight excluding hydrogens is 332 g/mol. The van der Waals surface area contributed by atoms with Crippen molar-refractivity contribution in [1.82, 2.24) is 19.6 Å². The Morgan fingerprint density at radius 1 is 1.24 bits per heavy atom. The molecule has 116 valence electrons. The Bertz CT molecular complexity index is 490. The average molecular weight is 355 g/mol. The number of hydrogen-bond acceptors (Lipinski definition) is 3. The highest BCUT2D eigenvalue weighted by Crippen LogP contribution is 2.22. The molecule has 0 N–H and O–H groups in total. The van der Waals surface area contributed by atoms with Gasteiger partial charge < -0.3 is 4.90 Å². The van der Waals surface area contributed by atoms with Crippen LogP contribution in [0.3, 0.4) is 0 Å². The van der Waals surface area contributed by atoms with Crippen molar-refractivity contribution in [3.8, 4) is 0 Å². The van der Waals surface area contributed by atoms with Crippen molar-refractivity contribution in [1.29, 1.82) is 0 Å². The minimum absolute atomic E-state index is 0.347. The molecule has 2 aliphatic rings. The molecule has 0 aliphatic carbocycles. The zero-order chi connectivity index (χ0) is 14.7. The lowest BCUT2D eigenvalue weighted by molar-refractivity contribution is -0.130. The third-order valence-corrected chi connectivity index (χ3v) is 4.96. The van der Waals surface area contributed by atoms with Crippen molar-refractivity contribution >= 4 is 21.8 Å². The van der Waals surface area contributed by atoms with E-state index >= 15 is 0 Å². The van der Waals surface area contributed by atoms with Gasteiger partial charge in [0.05, 0.1) is 16.7 Å². The number of aromatic nitrogens is 2. The number of hydrogen-bond donors (Lipinski definition) is 0. The van der Waals surface area contributed by atoms with Crippen LogP contribution in [0.4, 0.5) is 0 Å². The second kappa shape index (κ2) is 6.92. The molecular formula is C15H23BrN4O. The largest absolute Gasteiger partial charge is 0.341 e. The van der Waals surface area contributed by atoms with E-state index in [2.05, 4.69) is 35.5 Å². The van der Waals surface area contributed by atoms with Crippen LogP contribution in [0.2, 0.25) is 0 Å². The van der Waals surface area contributed by atoms with Crippen molar-refractivity contribution in [2.45, 2.75) is 38.1 Å². The summed E-state index contributed by atoms with van der Waals surface area (Å²) in [5.74, 6) is 0.347. The van der Waals surface area contributed by atoms with E-state index in [0.717, 1.165) is 62.9 Å². The first kappa shape index (κ1) is 15.0. The Hall–Kier alpha value is -0.880. The number of amides is 1. The molecule has 1 unspecified atom stereocenters. The third-order valence-electron chi connectivity index (χ3n) is 4.55. The van der Waals surface area contributed by atoms with E-state index in [-0.39, 0.29) is 0 Å². The summed E-state index contributed by atoms with van der Waals surface area (Å²) in [6.45, 7) is 4.96. The number of rotatable bonds is 4. The summed E-state index contributed by atoms with van der Waals surface area (Å²) < 4.78 is 3.09. The number of carbonyl (C=O) groups is 1. The van der Waals surface area contributed by atoms with Crippen molar-refractivity contribution in [2.24, 2.45) is 0 Å². The van der Waals surface area contributed by atoms with E-state index in [9.17, 15) is 4.79 Å². The molecule has 21 heavy (non-hydrogen) atoms. The fourth-order valence-corrected chi connectivity index (χ4v) is 3.58. The first-order valence-corrected chi connectivity index (χ1v) is 8.71. The number of halogens is 1. The maximum atomic E-state index is 12.0. The molecule has 1 amide bonds. The van der Waals surface area contributed by atoms with Crippen LogP contribution in [-0.2, 0) is 4.79 Å². The van der Waals surface area contributed by atoms with Gasteiger partial charge in [-0.25, -0.2) is 0 Å². The molecule has 0 saturated carbocycles. The summed E-state index contributed by atoms with van der Waals surface area (Å²) in [5.41, 5.74) is 0. The molecule has 1 atom stereocenters. The first-order valence-electron chi connectivity index (χ1n) is 7.92. The van der Waals surface area contributed by atoms with Gasteiger partial charge >= 0.3 is 0 Å². The van der Waals surface area contributed by atoms with Gasteiger partial charge in [-0.1, -0.05) is 6.42 Å². The lowest BCUT2D eigenvalue weighted by Gasteiger charge is -2.24. The summed E-state index contributed by atoms with van der Waals surface area (Å²) >= 11 is 3.45. The molecule has 2 saturated heterocycles. The standard InChI is InChI=1S/C15H23BrN4O/c16-13-10-17-20(11-13)14-5-7-18(12-14)8-9-19-6-3-1-2-4-15(19)21/h10-11,14H,1-9,12H2. The smallest absolute Gasteiger partial charge is 0.222 e. The normalized spacial score (nSPS) is 24.5. The van der Waals surface area contributed by atoms with Crippen LogP contribution in [0.15, 0.2) is 16.9 Å². The summed E-state index contributed by atoms with van der Waals surface area (Å²) in [6, 6.07) is 0.469. The molecule has 1 aromatic heterocycles. The quantitative estimate of drug-likeness (QED) is 0.832. The Morgan fingerprint density at radius 3 is 2.95 bits per heavy atom. The molecule has 3 heterocycles. The average Bonchev–Trinajstić information content (AvgIpc) is 3.05. The molecule has 0 aromatic carbocycles. The van der Waals surface area contributed by atoms with Crippen LogP contribution in [0, 0.1) is 0 Å². The van der Waals surface area contributed by atoms with Crippen molar-refractivity contribution in [2.75, 3.05) is 32.7 Å². The van der Waals surface area contributed by atoms with Crippen molar-refractivity contribution in [3.05, 3.63) is 16.9 Å². The summed E-state index contributed by atoms with van der Waals surface area (Å²) in [6.07, 6.45) is 9.20. The maximum absolute atomic E-state index is 12.0. The van der Waals surface area contributed by atoms with Gasteiger partial charge in [-0.05, 0) is 35.2 Å². The molecule has 3 rings (SSSR count). The van der Waals surface area contributed by atoms with Gasteiger partial charge in [0, 0.05) is 45.3 Å². The molecule has 0 spiro atoms. The summed E-state index contributed by atoms with van der Waals surface area (Å²) in [4.78, 5) is 16.5. The Kier molecular flexibility index (Phi) is 4.95. The highest BCUT2D eigenvalue weighted by molar-refractivity contribution is 9.10. The van der Waals surface area contributed by atoms with E-state index in [4.69, 9.17) is 0 Å². The highest BCUT2D eigenvalue weighted by Gasteiger charge is 2.25. The van der Waals surface area contributed by atoms with Crippen LogP contribution >= 0.6 is 15.9 Å². The predicted molar refractivity (Wildman–Crippen MR) is 85.1 cm³/mol. The fourth-order valence-electron chi connectivity index (χ4n) is 3.28. The third kappa shape index (κ3) is 3.86. The monoisotopic (exact) mass is 354 g/mol. The first-order chi connectivity index (χ1) is 10.2. The SMILES string of the molecule is O=C1CCCCCN1CCN1CCC(n2cc(Br)cn2)C1. The van der Waals surface area contributed by atoms with Crippen LogP contribution < -0.4 is 0 Å². The van der Waals surface area contributed by atoms with Crippen LogP contribution in [0.1, 0.15) is 38.1 Å². The van der Waals surface area contributed by atoms with Crippen LogP contribution in [0.5, 0.6) is 0 Å². The number of likely N-dealkylation sites (tertiary alicyclic amines) is 2. The minimum atomic E-state index is 0.347. The second-order valence-corrected chi connectivity index (χ2v) is 6.99. The predicted octanol–water partition coefficient (Wildman–Crippen LogP) is 2.29. The maximum Gasteiger partial charge on any atom is 0.222 e.